The van der Waals surface area contributed by atoms with Gasteiger partial charge in [0.05, 0.1) is 5.69 Å². The summed E-state index contributed by atoms with van der Waals surface area (Å²) in [5, 5.41) is 9.71. The van der Waals surface area contributed by atoms with Gasteiger partial charge in [-0.1, -0.05) is 139 Å². The Balaban J connectivity index is 1.61. The molecule has 0 N–H and O–H groups in total. The molecule has 216 valence electrons. The normalized spacial score (nSPS) is 12.1. The predicted octanol–water partition coefficient (Wildman–Crippen LogP) is 10.3. The zero-order chi connectivity index (χ0) is 29.9. The first kappa shape index (κ1) is 29.5. The summed E-state index contributed by atoms with van der Waals surface area (Å²) in [6.45, 7) is 15.9. The molecule has 0 amide bonds. The van der Waals surface area contributed by atoms with E-state index in [-0.39, 0.29) is 10.8 Å². The Kier molecular flexibility index (Phi) is 8.50. The fourth-order valence-corrected chi connectivity index (χ4v) is 5.93. The van der Waals surface area contributed by atoms with Crippen LogP contribution < -0.4 is 0 Å². The Morgan fingerprint density at radius 3 is 2.05 bits per heavy atom. The number of aromatic nitrogens is 3. The summed E-state index contributed by atoms with van der Waals surface area (Å²) in [5.41, 5.74) is 9.61. The van der Waals surface area contributed by atoms with Crippen molar-refractivity contribution in [2.45, 2.75) is 85.0 Å². The molecule has 0 spiro atoms. The first-order chi connectivity index (χ1) is 20.2. The molecular formula is C39H45N3. The highest BCUT2D eigenvalue weighted by Crippen LogP contribution is 2.37. The lowest BCUT2D eigenvalue weighted by atomic mass is 9.78. The van der Waals surface area contributed by atoms with Gasteiger partial charge in [0.15, 0.2) is 5.82 Å². The summed E-state index contributed by atoms with van der Waals surface area (Å²) in [5.74, 6) is 1.93. The number of benzene rings is 4. The molecule has 0 saturated carbocycles. The van der Waals surface area contributed by atoms with Gasteiger partial charge in [0.25, 0.3) is 0 Å². The minimum absolute atomic E-state index is 0.0679. The summed E-state index contributed by atoms with van der Waals surface area (Å²) in [4.78, 5) is 0. The van der Waals surface area contributed by atoms with E-state index in [1.807, 2.05) is 0 Å². The molecule has 5 aromatic rings. The molecule has 1 aromatic heterocycles. The molecule has 0 fully saturated rings. The van der Waals surface area contributed by atoms with Gasteiger partial charge in [0, 0.05) is 16.4 Å². The lowest BCUT2D eigenvalue weighted by Crippen LogP contribution is -2.23. The lowest BCUT2D eigenvalue weighted by molar-refractivity contribution is 0.425. The van der Waals surface area contributed by atoms with Crippen LogP contribution in [0.1, 0.15) is 88.9 Å². The number of unbranched alkanes of at least 4 members (excludes halogenated alkanes) is 1. The van der Waals surface area contributed by atoms with Gasteiger partial charge in [-0.15, -0.1) is 10.2 Å². The van der Waals surface area contributed by atoms with Crippen molar-refractivity contribution in [2.75, 3.05) is 0 Å². The molecule has 0 aliphatic heterocycles. The van der Waals surface area contributed by atoms with Crippen molar-refractivity contribution in [3.05, 3.63) is 125 Å². The number of hydrogen-bond donors (Lipinski definition) is 0. The van der Waals surface area contributed by atoms with Crippen LogP contribution in [0, 0.1) is 6.92 Å². The van der Waals surface area contributed by atoms with Gasteiger partial charge >= 0.3 is 0 Å². The fraction of sp³-hybridized carbons (Fsp3) is 0.333. The highest BCUT2D eigenvalue weighted by molar-refractivity contribution is 5.70. The largest absolute Gasteiger partial charge is 0.278 e. The molecule has 0 aliphatic rings. The van der Waals surface area contributed by atoms with Crippen LogP contribution in [0.3, 0.4) is 0 Å². The molecule has 5 rings (SSSR count). The average Bonchev–Trinajstić information content (AvgIpc) is 3.47. The van der Waals surface area contributed by atoms with Crippen molar-refractivity contribution in [3.8, 4) is 28.2 Å². The van der Waals surface area contributed by atoms with E-state index in [1.165, 1.54) is 33.4 Å². The first-order valence-corrected chi connectivity index (χ1v) is 15.5. The topological polar surface area (TPSA) is 30.7 Å². The van der Waals surface area contributed by atoms with Crippen molar-refractivity contribution in [1.29, 1.82) is 0 Å². The third-order valence-electron chi connectivity index (χ3n) is 8.90. The van der Waals surface area contributed by atoms with Crippen molar-refractivity contribution in [2.24, 2.45) is 0 Å². The van der Waals surface area contributed by atoms with Gasteiger partial charge in [0.2, 0.25) is 0 Å². The second-order valence-corrected chi connectivity index (χ2v) is 12.8. The summed E-state index contributed by atoms with van der Waals surface area (Å²) >= 11 is 0. The van der Waals surface area contributed by atoms with Gasteiger partial charge in [-0.2, -0.15) is 0 Å². The molecule has 0 unspecified atom stereocenters. The molecular weight excluding hydrogens is 510 g/mol. The van der Waals surface area contributed by atoms with Crippen LogP contribution in [0.4, 0.5) is 0 Å². The zero-order valence-corrected chi connectivity index (χ0v) is 26.4. The lowest BCUT2D eigenvalue weighted by Gasteiger charge is -2.26. The SMILES string of the molecule is CCCCC(C)(C)c1nnc(-c2cccc(CC)c2)n1-c1cc(-c2ccc(C(C)(C)c3ccccc3)cc2)ccc1C. The molecule has 0 atom stereocenters. The molecule has 1 heterocycles. The summed E-state index contributed by atoms with van der Waals surface area (Å²) in [7, 11) is 0. The average molecular weight is 556 g/mol. The zero-order valence-electron chi connectivity index (χ0n) is 26.4. The van der Waals surface area contributed by atoms with Crippen LogP contribution in [0.5, 0.6) is 0 Å². The Morgan fingerprint density at radius 2 is 1.36 bits per heavy atom. The minimum Gasteiger partial charge on any atom is -0.278 e. The number of rotatable bonds is 10. The van der Waals surface area contributed by atoms with Gasteiger partial charge < -0.3 is 0 Å². The Bertz CT molecular complexity index is 1640. The first-order valence-electron chi connectivity index (χ1n) is 15.5. The van der Waals surface area contributed by atoms with E-state index in [2.05, 4.69) is 150 Å². The van der Waals surface area contributed by atoms with Crippen molar-refractivity contribution < 1.29 is 0 Å². The van der Waals surface area contributed by atoms with E-state index in [4.69, 9.17) is 10.2 Å². The summed E-state index contributed by atoms with van der Waals surface area (Å²) in [6, 6.07) is 35.4. The summed E-state index contributed by atoms with van der Waals surface area (Å²) < 4.78 is 2.33. The maximum Gasteiger partial charge on any atom is 0.168 e. The minimum atomic E-state index is -0.114. The van der Waals surface area contributed by atoms with Crippen molar-refractivity contribution >= 4 is 0 Å². The van der Waals surface area contributed by atoms with Gasteiger partial charge in [-0.05, 0) is 65.3 Å². The van der Waals surface area contributed by atoms with Gasteiger partial charge in [-0.25, -0.2) is 0 Å². The molecule has 0 bridgehead atoms. The highest BCUT2D eigenvalue weighted by atomic mass is 15.3. The van der Waals surface area contributed by atoms with Gasteiger partial charge in [-0.3, -0.25) is 4.57 Å². The second-order valence-electron chi connectivity index (χ2n) is 12.8. The maximum absolute atomic E-state index is 4.87. The van der Waals surface area contributed by atoms with Crippen molar-refractivity contribution in [3.63, 3.8) is 0 Å². The molecule has 3 heteroatoms. The quantitative estimate of drug-likeness (QED) is 0.172. The molecule has 3 nitrogen and oxygen atoms in total. The van der Waals surface area contributed by atoms with E-state index in [1.54, 1.807) is 0 Å². The highest BCUT2D eigenvalue weighted by Gasteiger charge is 2.30. The van der Waals surface area contributed by atoms with Crippen LogP contribution in [-0.4, -0.2) is 14.8 Å². The number of aryl methyl sites for hydroxylation is 2. The fourth-order valence-electron chi connectivity index (χ4n) is 5.93. The van der Waals surface area contributed by atoms with E-state index in [0.717, 1.165) is 48.6 Å². The Labute approximate surface area is 252 Å². The Morgan fingerprint density at radius 1 is 0.667 bits per heavy atom. The Hall–Kier alpha value is -3.98. The summed E-state index contributed by atoms with van der Waals surface area (Å²) in [6.07, 6.45) is 4.37. The molecule has 0 saturated heterocycles. The smallest absolute Gasteiger partial charge is 0.168 e. The molecule has 0 radical (unpaired) electrons. The van der Waals surface area contributed by atoms with Crippen molar-refractivity contribution in [1.82, 2.24) is 14.8 Å². The molecule has 0 aliphatic carbocycles. The van der Waals surface area contributed by atoms with Gasteiger partial charge in [0.1, 0.15) is 5.82 Å². The van der Waals surface area contributed by atoms with Crippen LogP contribution in [-0.2, 0) is 17.3 Å². The predicted molar refractivity (Wildman–Crippen MR) is 177 cm³/mol. The van der Waals surface area contributed by atoms with Crippen LogP contribution >= 0.6 is 0 Å². The molecule has 4 aromatic carbocycles. The standard InChI is InChI=1S/C39H45N3/c1-8-10-25-38(4,5)37-41-40-36(32-16-14-15-29(9-2)26-32)42(37)35-27-31(20-19-28(35)3)30-21-23-34(24-22-30)39(6,7)33-17-12-11-13-18-33/h11-24,26-27H,8-10,25H2,1-7H3. The molecule has 42 heavy (non-hydrogen) atoms. The van der Waals surface area contributed by atoms with E-state index in [0.29, 0.717) is 0 Å². The van der Waals surface area contributed by atoms with Crippen LogP contribution in [0.15, 0.2) is 97.1 Å². The van der Waals surface area contributed by atoms with Crippen LogP contribution in [0.25, 0.3) is 28.2 Å². The third-order valence-corrected chi connectivity index (χ3v) is 8.90. The van der Waals surface area contributed by atoms with Crippen LogP contribution in [0.2, 0.25) is 0 Å². The second kappa shape index (κ2) is 12.1. The third kappa shape index (κ3) is 5.83. The van der Waals surface area contributed by atoms with E-state index in [9.17, 15) is 0 Å². The maximum atomic E-state index is 4.87. The number of nitrogens with zero attached hydrogens (tertiary/aromatic N) is 3. The van der Waals surface area contributed by atoms with E-state index >= 15 is 0 Å². The number of hydrogen-bond acceptors (Lipinski definition) is 2. The monoisotopic (exact) mass is 555 g/mol. The van der Waals surface area contributed by atoms with E-state index < -0.39 is 0 Å².